The molecule has 1 aromatic heterocycles. The molecule has 3 rings (SSSR count). The van der Waals surface area contributed by atoms with E-state index in [0.717, 1.165) is 23.1 Å². The summed E-state index contributed by atoms with van der Waals surface area (Å²) in [6, 6.07) is 12.3. The van der Waals surface area contributed by atoms with Gasteiger partial charge in [0, 0.05) is 25.2 Å². The Balaban J connectivity index is 1.59. The number of amides is 1. The van der Waals surface area contributed by atoms with Crippen LogP contribution in [0.25, 0.3) is 10.8 Å². The van der Waals surface area contributed by atoms with E-state index in [1.165, 1.54) is 5.39 Å². The number of hydrogen-bond acceptors (Lipinski definition) is 7. The zero-order valence-corrected chi connectivity index (χ0v) is 15.2. The Labute approximate surface area is 157 Å². The van der Waals surface area contributed by atoms with E-state index in [4.69, 9.17) is 10.5 Å². The highest BCUT2D eigenvalue weighted by Crippen LogP contribution is 2.28. The van der Waals surface area contributed by atoms with E-state index in [1.807, 2.05) is 18.2 Å². The topological polar surface area (TPSA) is 115 Å². The van der Waals surface area contributed by atoms with Crippen molar-refractivity contribution in [1.82, 2.24) is 20.9 Å². The summed E-state index contributed by atoms with van der Waals surface area (Å²) < 4.78 is 10.3. The zero-order valence-electron chi connectivity index (χ0n) is 15.2. The first-order chi connectivity index (χ1) is 13.2. The standard InChI is InChI=1S/C19H23N5O3/c1-2-11-26-16-8-7-13-5-3-4-6-14(13)15(16)12-21-9-10-22-19(25)17-18(20)24-27-23-17/h3-8,21H,2,9-12H2,1H3,(H2,20,24)(H,22,25). The number of hydrogen-bond donors (Lipinski definition) is 3. The Hall–Kier alpha value is -3.13. The number of fused-ring (bicyclic) bond motifs is 1. The van der Waals surface area contributed by atoms with Gasteiger partial charge in [-0.05, 0) is 33.6 Å². The number of nitrogens with two attached hydrogens (primary N) is 1. The molecule has 0 saturated heterocycles. The smallest absolute Gasteiger partial charge is 0.277 e. The van der Waals surface area contributed by atoms with Gasteiger partial charge in [-0.1, -0.05) is 37.3 Å². The van der Waals surface area contributed by atoms with Crippen molar-refractivity contribution in [3.8, 4) is 5.75 Å². The number of nitrogens with zero attached hydrogens (tertiary/aromatic N) is 2. The molecule has 8 nitrogen and oxygen atoms in total. The van der Waals surface area contributed by atoms with Crippen molar-refractivity contribution in [3.05, 3.63) is 47.7 Å². The van der Waals surface area contributed by atoms with Crippen molar-refractivity contribution in [3.63, 3.8) is 0 Å². The van der Waals surface area contributed by atoms with Gasteiger partial charge in [0.05, 0.1) is 6.61 Å². The van der Waals surface area contributed by atoms with Gasteiger partial charge in [-0.25, -0.2) is 4.63 Å². The minimum Gasteiger partial charge on any atom is -0.493 e. The lowest BCUT2D eigenvalue weighted by Gasteiger charge is -2.15. The third-order valence-electron chi connectivity index (χ3n) is 4.08. The van der Waals surface area contributed by atoms with E-state index in [2.05, 4.69) is 50.7 Å². The number of benzene rings is 2. The maximum absolute atomic E-state index is 11.9. The number of aromatic nitrogens is 2. The maximum atomic E-state index is 11.9. The van der Waals surface area contributed by atoms with E-state index in [0.29, 0.717) is 26.2 Å². The van der Waals surface area contributed by atoms with Gasteiger partial charge in [-0.15, -0.1) is 0 Å². The Morgan fingerprint density at radius 1 is 1.19 bits per heavy atom. The summed E-state index contributed by atoms with van der Waals surface area (Å²) in [4.78, 5) is 11.9. The first-order valence-electron chi connectivity index (χ1n) is 8.91. The molecule has 3 aromatic rings. The normalized spacial score (nSPS) is 10.9. The van der Waals surface area contributed by atoms with Crippen LogP contribution in [-0.2, 0) is 6.54 Å². The summed E-state index contributed by atoms with van der Waals surface area (Å²) in [5, 5.41) is 15.2. The third kappa shape index (κ3) is 4.53. The van der Waals surface area contributed by atoms with Crippen LogP contribution in [0.2, 0.25) is 0 Å². The molecule has 0 bridgehead atoms. The van der Waals surface area contributed by atoms with Crippen molar-refractivity contribution >= 4 is 22.5 Å². The number of anilines is 1. The molecule has 0 aliphatic carbocycles. The van der Waals surface area contributed by atoms with E-state index in [1.54, 1.807) is 0 Å². The number of carbonyl (C=O) groups excluding carboxylic acids is 1. The van der Waals surface area contributed by atoms with Gasteiger partial charge in [-0.3, -0.25) is 4.79 Å². The second-order valence-corrected chi connectivity index (χ2v) is 6.04. The molecule has 142 valence electrons. The molecule has 0 aliphatic rings. The second kappa shape index (κ2) is 9.00. The lowest BCUT2D eigenvalue weighted by molar-refractivity contribution is 0.0944. The summed E-state index contributed by atoms with van der Waals surface area (Å²) in [5.74, 6) is 0.454. The molecule has 0 atom stereocenters. The minimum atomic E-state index is -0.410. The summed E-state index contributed by atoms with van der Waals surface area (Å²) in [5.41, 5.74) is 6.61. The average molecular weight is 369 g/mol. The van der Waals surface area contributed by atoms with Gasteiger partial charge < -0.3 is 21.1 Å². The Morgan fingerprint density at radius 3 is 2.81 bits per heavy atom. The van der Waals surface area contributed by atoms with Crippen LogP contribution in [0.5, 0.6) is 5.75 Å². The van der Waals surface area contributed by atoms with Gasteiger partial charge in [0.25, 0.3) is 5.91 Å². The predicted octanol–water partition coefficient (Wildman–Crippen LogP) is 2.11. The fourth-order valence-corrected chi connectivity index (χ4v) is 2.76. The maximum Gasteiger partial charge on any atom is 0.277 e. The van der Waals surface area contributed by atoms with Gasteiger partial charge in [0.15, 0.2) is 0 Å². The first kappa shape index (κ1) is 18.7. The third-order valence-corrected chi connectivity index (χ3v) is 4.08. The van der Waals surface area contributed by atoms with Crippen LogP contribution in [0.4, 0.5) is 5.82 Å². The molecule has 4 N–H and O–H groups in total. The molecule has 2 aromatic carbocycles. The highest BCUT2D eigenvalue weighted by atomic mass is 16.6. The SMILES string of the molecule is CCCOc1ccc2ccccc2c1CNCCNC(=O)c1nonc1N. The fourth-order valence-electron chi connectivity index (χ4n) is 2.76. The van der Waals surface area contributed by atoms with E-state index < -0.39 is 5.91 Å². The number of ether oxygens (including phenoxy) is 1. The quantitative estimate of drug-likeness (QED) is 0.495. The Bertz CT molecular complexity index is 909. The number of carbonyl (C=O) groups is 1. The first-order valence-corrected chi connectivity index (χ1v) is 8.91. The molecule has 0 fully saturated rings. The molecular weight excluding hydrogens is 346 g/mol. The van der Waals surface area contributed by atoms with Gasteiger partial charge >= 0.3 is 0 Å². The monoisotopic (exact) mass is 369 g/mol. The van der Waals surface area contributed by atoms with Crippen LogP contribution in [0, 0.1) is 0 Å². The largest absolute Gasteiger partial charge is 0.493 e. The van der Waals surface area contributed by atoms with Crippen LogP contribution >= 0.6 is 0 Å². The highest BCUT2D eigenvalue weighted by molar-refractivity contribution is 5.95. The molecule has 0 aliphatic heterocycles. The molecule has 8 heteroatoms. The second-order valence-electron chi connectivity index (χ2n) is 6.04. The number of nitrogens with one attached hydrogen (secondary N) is 2. The van der Waals surface area contributed by atoms with E-state index in [9.17, 15) is 4.79 Å². The van der Waals surface area contributed by atoms with Crippen LogP contribution in [0.1, 0.15) is 29.4 Å². The Kier molecular flexibility index (Phi) is 6.22. The average Bonchev–Trinajstić information content (AvgIpc) is 3.12. The molecule has 0 unspecified atom stereocenters. The summed E-state index contributed by atoms with van der Waals surface area (Å²) in [6.07, 6.45) is 0.950. The fraction of sp³-hybridized carbons (Fsp3) is 0.316. The van der Waals surface area contributed by atoms with Gasteiger partial charge in [0.2, 0.25) is 11.5 Å². The molecular formula is C19H23N5O3. The molecule has 1 amide bonds. The van der Waals surface area contributed by atoms with Crippen molar-refractivity contribution < 1.29 is 14.2 Å². The number of rotatable bonds is 9. The minimum absolute atomic E-state index is 0.000643. The van der Waals surface area contributed by atoms with Crippen molar-refractivity contribution in [2.75, 3.05) is 25.4 Å². The zero-order chi connectivity index (χ0) is 19.1. The van der Waals surface area contributed by atoms with Crippen LogP contribution in [0.15, 0.2) is 41.0 Å². The lowest BCUT2D eigenvalue weighted by atomic mass is 10.0. The Morgan fingerprint density at radius 2 is 2.04 bits per heavy atom. The van der Waals surface area contributed by atoms with Crippen LogP contribution in [-0.4, -0.2) is 35.9 Å². The highest BCUT2D eigenvalue weighted by Gasteiger charge is 2.15. The molecule has 1 heterocycles. The molecule has 0 saturated carbocycles. The summed E-state index contributed by atoms with van der Waals surface area (Å²) >= 11 is 0. The molecule has 0 radical (unpaired) electrons. The molecule has 27 heavy (non-hydrogen) atoms. The van der Waals surface area contributed by atoms with E-state index in [-0.39, 0.29) is 11.5 Å². The van der Waals surface area contributed by atoms with Crippen molar-refractivity contribution in [1.29, 1.82) is 0 Å². The van der Waals surface area contributed by atoms with Crippen molar-refractivity contribution in [2.45, 2.75) is 19.9 Å². The summed E-state index contributed by atoms with van der Waals surface area (Å²) in [6.45, 7) is 4.38. The summed E-state index contributed by atoms with van der Waals surface area (Å²) in [7, 11) is 0. The van der Waals surface area contributed by atoms with Crippen LogP contribution in [0.3, 0.4) is 0 Å². The van der Waals surface area contributed by atoms with Crippen LogP contribution < -0.4 is 21.1 Å². The van der Waals surface area contributed by atoms with Gasteiger partial charge in [0.1, 0.15) is 5.75 Å². The number of nitrogen functional groups attached to an aromatic ring is 1. The van der Waals surface area contributed by atoms with E-state index >= 15 is 0 Å². The molecule has 0 spiro atoms. The van der Waals surface area contributed by atoms with Crippen molar-refractivity contribution in [2.24, 2.45) is 0 Å². The van der Waals surface area contributed by atoms with Gasteiger partial charge in [-0.2, -0.15) is 0 Å². The lowest BCUT2D eigenvalue weighted by Crippen LogP contribution is -2.32. The predicted molar refractivity (Wildman–Crippen MR) is 102 cm³/mol.